The van der Waals surface area contributed by atoms with Gasteiger partial charge in [0.2, 0.25) is 5.91 Å². The van der Waals surface area contributed by atoms with E-state index in [1.807, 2.05) is 18.2 Å². The maximum Gasteiger partial charge on any atom is 0.249 e. The number of benzene rings is 2. The van der Waals surface area contributed by atoms with Crippen molar-refractivity contribution in [3.05, 3.63) is 66.0 Å². The van der Waals surface area contributed by atoms with Gasteiger partial charge in [-0.1, -0.05) is 30.3 Å². The number of amides is 1. The summed E-state index contributed by atoms with van der Waals surface area (Å²) in [5, 5.41) is -0.753. The van der Waals surface area contributed by atoms with Gasteiger partial charge in [0.15, 0.2) is 0 Å². The Balaban J connectivity index is 2.17. The van der Waals surface area contributed by atoms with Crippen molar-refractivity contribution in [2.24, 2.45) is 0 Å². The Kier molecular flexibility index (Phi) is 4.17. The molecule has 2 aromatic carbocycles. The maximum atomic E-state index is 12.8. The maximum absolute atomic E-state index is 12.8. The van der Waals surface area contributed by atoms with Crippen LogP contribution in [0.1, 0.15) is 10.9 Å². The predicted molar refractivity (Wildman–Crippen MR) is 74.8 cm³/mol. The Morgan fingerprint density at radius 1 is 1.11 bits per heavy atom. The van der Waals surface area contributed by atoms with E-state index in [-0.39, 0.29) is 11.7 Å². The summed E-state index contributed by atoms with van der Waals surface area (Å²) in [7, 11) is 1.62. The molecule has 0 aliphatic rings. The summed E-state index contributed by atoms with van der Waals surface area (Å²) in [4.78, 5) is 13.6. The van der Waals surface area contributed by atoms with E-state index >= 15 is 0 Å². The second-order valence-electron chi connectivity index (χ2n) is 4.15. The van der Waals surface area contributed by atoms with Crippen LogP contribution in [0.15, 0.2) is 54.6 Å². The Hall–Kier alpha value is -1.87. The highest BCUT2D eigenvalue weighted by Crippen LogP contribution is 2.25. The molecule has 0 saturated heterocycles. The van der Waals surface area contributed by atoms with E-state index in [2.05, 4.69) is 0 Å². The van der Waals surface area contributed by atoms with Crippen LogP contribution in [0.5, 0.6) is 0 Å². The van der Waals surface area contributed by atoms with Gasteiger partial charge >= 0.3 is 0 Å². The Bertz CT molecular complexity index is 556. The fourth-order valence-corrected chi connectivity index (χ4v) is 2.02. The van der Waals surface area contributed by atoms with Crippen LogP contribution in [0.3, 0.4) is 0 Å². The molecular formula is C15H13ClFNO. The summed E-state index contributed by atoms with van der Waals surface area (Å²) in [6, 6.07) is 14.8. The molecule has 0 saturated carbocycles. The average molecular weight is 278 g/mol. The van der Waals surface area contributed by atoms with Crippen molar-refractivity contribution in [2.45, 2.75) is 5.38 Å². The smallest absolute Gasteiger partial charge is 0.249 e. The van der Waals surface area contributed by atoms with Gasteiger partial charge in [0.25, 0.3) is 0 Å². The highest BCUT2D eigenvalue weighted by molar-refractivity contribution is 6.32. The molecule has 0 bridgehead atoms. The minimum absolute atomic E-state index is 0.250. The Labute approximate surface area is 116 Å². The predicted octanol–water partition coefficient (Wildman–Crippen LogP) is 3.77. The van der Waals surface area contributed by atoms with Crippen LogP contribution in [-0.4, -0.2) is 13.0 Å². The van der Waals surface area contributed by atoms with Crippen LogP contribution >= 0.6 is 11.6 Å². The minimum Gasteiger partial charge on any atom is -0.314 e. The number of rotatable bonds is 3. The zero-order chi connectivity index (χ0) is 13.8. The molecule has 0 aliphatic carbocycles. The van der Waals surface area contributed by atoms with Crippen molar-refractivity contribution in [1.82, 2.24) is 0 Å². The number of halogens is 2. The molecule has 19 heavy (non-hydrogen) atoms. The topological polar surface area (TPSA) is 20.3 Å². The van der Waals surface area contributed by atoms with E-state index in [4.69, 9.17) is 11.6 Å². The summed E-state index contributed by atoms with van der Waals surface area (Å²) in [5.41, 5.74) is 1.34. The van der Waals surface area contributed by atoms with Gasteiger partial charge in [-0.25, -0.2) is 4.39 Å². The van der Waals surface area contributed by atoms with Crippen molar-refractivity contribution < 1.29 is 9.18 Å². The van der Waals surface area contributed by atoms with Crippen molar-refractivity contribution in [3.8, 4) is 0 Å². The van der Waals surface area contributed by atoms with E-state index in [9.17, 15) is 9.18 Å². The van der Waals surface area contributed by atoms with Crippen LogP contribution in [0.4, 0.5) is 10.1 Å². The third-order valence-corrected chi connectivity index (χ3v) is 3.29. The van der Waals surface area contributed by atoms with Crippen molar-refractivity contribution >= 4 is 23.2 Å². The average Bonchev–Trinajstić information content (AvgIpc) is 2.46. The van der Waals surface area contributed by atoms with Crippen LogP contribution in [0, 0.1) is 5.82 Å². The van der Waals surface area contributed by atoms with Gasteiger partial charge in [-0.3, -0.25) is 4.79 Å². The number of alkyl halides is 1. The molecule has 0 heterocycles. The van der Waals surface area contributed by atoms with Crippen molar-refractivity contribution in [1.29, 1.82) is 0 Å². The second-order valence-corrected chi connectivity index (χ2v) is 4.58. The number of anilines is 1. The number of carbonyl (C=O) groups is 1. The molecule has 1 unspecified atom stereocenters. The van der Waals surface area contributed by atoms with Crippen LogP contribution < -0.4 is 4.90 Å². The van der Waals surface area contributed by atoms with Crippen LogP contribution in [0.2, 0.25) is 0 Å². The third-order valence-electron chi connectivity index (χ3n) is 2.85. The second kappa shape index (κ2) is 5.85. The molecule has 0 N–H and O–H groups in total. The standard InChI is InChI=1S/C15H13ClFNO/c1-18(13-9-7-12(17)8-10-13)15(19)14(16)11-5-3-2-4-6-11/h2-10,14H,1H3. The zero-order valence-corrected chi connectivity index (χ0v) is 11.1. The number of hydrogen-bond donors (Lipinski definition) is 0. The molecule has 0 fully saturated rings. The molecule has 1 amide bonds. The van der Waals surface area contributed by atoms with Crippen molar-refractivity contribution in [2.75, 3.05) is 11.9 Å². The highest BCUT2D eigenvalue weighted by Gasteiger charge is 2.22. The molecule has 98 valence electrons. The molecule has 2 rings (SSSR count). The number of likely N-dealkylation sites (N-methyl/N-ethyl adjacent to an activating group) is 1. The largest absolute Gasteiger partial charge is 0.314 e. The van der Waals surface area contributed by atoms with Gasteiger partial charge in [0.05, 0.1) is 0 Å². The molecular weight excluding hydrogens is 265 g/mol. The lowest BCUT2D eigenvalue weighted by Crippen LogP contribution is -2.29. The Morgan fingerprint density at radius 2 is 1.68 bits per heavy atom. The summed E-state index contributed by atoms with van der Waals surface area (Å²) in [6.07, 6.45) is 0. The van der Waals surface area contributed by atoms with E-state index in [0.717, 1.165) is 5.56 Å². The lowest BCUT2D eigenvalue weighted by Gasteiger charge is -2.20. The molecule has 0 radical (unpaired) electrons. The summed E-state index contributed by atoms with van der Waals surface area (Å²) >= 11 is 6.17. The quantitative estimate of drug-likeness (QED) is 0.782. The third kappa shape index (κ3) is 3.12. The molecule has 2 aromatic rings. The van der Waals surface area contributed by atoms with Crippen LogP contribution in [0.25, 0.3) is 0 Å². The normalized spacial score (nSPS) is 11.9. The summed E-state index contributed by atoms with van der Waals surface area (Å²) < 4.78 is 12.8. The van der Waals surface area contributed by atoms with Gasteiger partial charge in [-0.05, 0) is 29.8 Å². The van der Waals surface area contributed by atoms with E-state index in [0.29, 0.717) is 5.69 Å². The van der Waals surface area contributed by atoms with Gasteiger partial charge < -0.3 is 4.90 Å². The minimum atomic E-state index is -0.753. The first kappa shape index (κ1) is 13.6. The summed E-state index contributed by atoms with van der Waals surface area (Å²) in [5.74, 6) is -0.588. The lowest BCUT2D eigenvalue weighted by molar-refractivity contribution is -0.118. The lowest BCUT2D eigenvalue weighted by atomic mass is 10.1. The van der Waals surface area contributed by atoms with E-state index in [1.54, 1.807) is 31.3 Å². The molecule has 0 aliphatic heterocycles. The molecule has 0 aromatic heterocycles. The highest BCUT2D eigenvalue weighted by atomic mass is 35.5. The fraction of sp³-hybridized carbons (Fsp3) is 0.133. The molecule has 1 atom stereocenters. The monoisotopic (exact) mass is 277 g/mol. The van der Waals surface area contributed by atoms with Crippen LogP contribution in [-0.2, 0) is 4.79 Å². The van der Waals surface area contributed by atoms with E-state index in [1.165, 1.54) is 17.0 Å². The first-order chi connectivity index (χ1) is 9.09. The van der Waals surface area contributed by atoms with Crippen molar-refractivity contribution in [3.63, 3.8) is 0 Å². The first-order valence-corrected chi connectivity index (χ1v) is 6.25. The SMILES string of the molecule is CN(C(=O)C(Cl)c1ccccc1)c1ccc(F)cc1. The first-order valence-electron chi connectivity index (χ1n) is 5.82. The zero-order valence-electron chi connectivity index (χ0n) is 10.4. The van der Waals surface area contributed by atoms with Gasteiger partial charge in [0, 0.05) is 12.7 Å². The fourth-order valence-electron chi connectivity index (χ4n) is 1.73. The van der Waals surface area contributed by atoms with E-state index < -0.39 is 5.38 Å². The number of hydrogen-bond acceptors (Lipinski definition) is 1. The van der Waals surface area contributed by atoms with Gasteiger partial charge in [0.1, 0.15) is 11.2 Å². The van der Waals surface area contributed by atoms with Gasteiger partial charge in [-0.2, -0.15) is 0 Å². The Morgan fingerprint density at radius 3 is 2.26 bits per heavy atom. The molecule has 4 heteroatoms. The molecule has 2 nitrogen and oxygen atoms in total. The molecule has 0 spiro atoms. The van der Waals surface area contributed by atoms with Gasteiger partial charge in [-0.15, -0.1) is 11.6 Å². The summed E-state index contributed by atoms with van der Waals surface area (Å²) in [6.45, 7) is 0. The number of nitrogens with zero attached hydrogens (tertiary/aromatic N) is 1. The number of carbonyl (C=O) groups excluding carboxylic acids is 1.